The molecule has 0 heterocycles. The molecule has 1 fully saturated rings. The van der Waals surface area contributed by atoms with E-state index < -0.39 is 0 Å². The van der Waals surface area contributed by atoms with E-state index >= 15 is 0 Å². The second kappa shape index (κ2) is 6.18. The summed E-state index contributed by atoms with van der Waals surface area (Å²) in [5.41, 5.74) is 2.93. The van der Waals surface area contributed by atoms with Gasteiger partial charge >= 0.3 is 0 Å². The van der Waals surface area contributed by atoms with E-state index in [2.05, 4.69) is 48.2 Å². The van der Waals surface area contributed by atoms with E-state index in [4.69, 9.17) is 0 Å². The van der Waals surface area contributed by atoms with Crippen LogP contribution in [-0.2, 0) is 6.42 Å². The zero-order valence-corrected chi connectivity index (χ0v) is 9.71. The quantitative estimate of drug-likeness (QED) is 0.644. The highest BCUT2D eigenvalue weighted by atomic mass is 14.1. The van der Waals surface area contributed by atoms with Gasteiger partial charge in [-0.1, -0.05) is 47.7 Å². The van der Waals surface area contributed by atoms with Crippen molar-refractivity contribution in [3.05, 3.63) is 47.5 Å². The molecule has 0 heteroatoms. The van der Waals surface area contributed by atoms with E-state index in [1.54, 1.807) is 5.57 Å². The first-order valence-corrected chi connectivity index (χ1v) is 6.15. The van der Waals surface area contributed by atoms with E-state index in [0.717, 1.165) is 12.8 Å². The standard InChI is InChI=1S/C16H18/c1-3-9-15(10-4-1)11-5-2-6-12-16-13-7-8-14-16/h1,3-4,9-10,12H,5,7-8,11,13-14H2. The fourth-order valence-electron chi connectivity index (χ4n) is 2.05. The fraction of sp³-hybridized carbons (Fsp3) is 0.375. The Labute approximate surface area is 98.4 Å². The molecule has 0 N–H and O–H groups in total. The van der Waals surface area contributed by atoms with Crippen LogP contribution in [-0.4, -0.2) is 0 Å². The second-order valence-electron chi connectivity index (χ2n) is 4.32. The minimum Gasteiger partial charge on any atom is -0.0982 e. The first kappa shape index (κ1) is 11.0. The molecule has 0 nitrogen and oxygen atoms in total. The maximum Gasteiger partial charge on any atom is 0.0133 e. The van der Waals surface area contributed by atoms with Crippen molar-refractivity contribution in [1.82, 2.24) is 0 Å². The Bertz CT molecular complexity index is 393. The van der Waals surface area contributed by atoms with Gasteiger partial charge in [-0.2, -0.15) is 0 Å². The molecule has 0 aromatic heterocycles. The molecule has 1 saturated carbocycles. The van der Waals surface area contributed by atoms with Crippen LogP contribution in [0.15, 0.2) is 42.0 Å². The molecule has 1 aliphatic rings. The number of hydrogen-bond donors (Lipinski definition) is 0. The molecule has 0 atom stereocenters. The van der Waals surface area contributed by atoms with Crippen molar-refractivity contribution in [2.45, 2.75) is 38.5 Å². The zero-order valence-electron chi connectivity index (χ0n) is 9.71. The molecule has 16 heavy (non-hydrogen) atoms. The van der Waals surface area contributed by atoms with Gasteiger partial charge in [0.2, 0.25) is 0 Å². The Hall–Kier alpha value is -1.48. The monoisotopic (exact) mass is 210 g/mol. The van der Waals surface area contributed by atoms with Gasteiger partial charge in [0.05, 0.1) is 0 Å². The van der Waals surface area contributed by atoms with Crippen LogP contribution in [0.1, 0.15) is 37.7 Å². The lowest BCUT2D eigenvalue weighted by atomic mass is 10.1. The van der Waals surface area contributed by atoms with Crippen molar-refractivity contribution in [2.24, 2.45) is 0 Å². The summed E-state index contributed by atoms with van der Waals surface area (Å²) >= 11 is 0. The Morgan fingerprint density at radius 2 is 1.81 bits per heavy atom. The molecule has 0 unspecified atom stereocenters. The van der Waals surface area contributed by atoms with E-state index in [9.17, 15) is 0 Å². The van der Waals surface area contributed by atoms with Gasteiger partial charge < -0.3 is 0 Å². The minimum atomic E-state index is 0.966. The van der Waals surface area contributed by atoms with Crippen molar-refractivity contribution in [2.75, 3.05) is 0 Å². The highest BCUT2D eigenvalue weighted by Gasteiger charge is 2.04. The van der Waals surface area contributed by atoms with Crippen molar-refractivity contribution in [1.29, 1.82) is 0 Å². The maximum absolute atomic E-state index is 3.23. The molecule has 0 saturated heterocycles. The molecular weight excluding hydrogens is 192 g/mol. The fourth-order valence-corrected chi connectivity index (χ4v) is 2.05. The molecule has 82 valence electrons. The first-order valence-electron chi connectivity index (χ1n) is 6.15. The SMILES string of the molecule is C(#CCCc1ccccc1)C=C1CCCC1. The van der Waals surface area contributed by atoms with Crippen LogP contribution in [0, 0.1) is 11.8 Å². The number of aryl methyl sites for hydroxylation is 1. The summed E-state index contributed by atoms with van der Waals surface area (Å²) in [5.74, 6) is 6.42. The van der Waals surface area contributed by atoms with Crippen LogP contribution in [0.3, 0.4) is 0 Å². The van der Waals surface area contributed by atoms with Gasteiger partial charge in [0.25, 0.3) is 0 Å². The zero-order chi connectivity index (χ0) is 11.1. The van der Waals surface area contributed by atoms with Crippen LogP contribution in [0.4, 0.5) is 0 Å². The third kappa shape index (κ3) is 3.59. The van der Waals surface area contributed by atoms with E-state index in [1.807, 2.05) is 0 Å². The average molecular weight is 210 g/mol. The van der Waals surface area contributed by atoms with Crippen molar-refractivity contribution < 1.29 is 0 Å². The number of allylic oxidation sites excluding steroid dienone is 2. The van der Waals surface area contributed by atoms with E-state index in [1.165, 1.54) is 31.2 Å². The molecule has 2 rings (SSSR count). The molecule has 0 radical (unpaired) electrons. The lowest BCUT2D eigenvalue weighted by Gasteiger charge is -1.94. The molecular formula is C16H18. The third-order valence-electron chi connectivity index (χ3n) is 3.01. The van der Waals surface area contributed by atoms with E-state index in [-0.39, 0.29) is 0 Å². The highest BCUT2D eigenvalue weighted by Crippen LogP contribution is 2.22. The highest BCUT2D eigenvalue weighted by molar-refractivity contribution is 5.23. The topological polar surface area (TPSA) is 0 Å². The Morgan fingerprint density at radius 3 is 2.56 bits per heavy atom. The van der Waals surface area contributed by atoms with E-state index in [0.29, 0.717) is 0 Å². The normalized spacial score (nSPS) is 14.4. The first-order chi connectivity index (χ1) is 7.95. The van der Waals surface area contributed by atoms with Gasteiger partial charge in [-0.25, -0.2) is 0 Å². The summed E-state index contributed by atoms with van der Waals surface area (Å²) in [5, 5.41) is 0. The van der Waals surface area contributed by atoms with Crippen LogP contribution in [0.25, 0.3) is 0 Å². The Kier molecular flexibility index (Phi) is 4.26. The van der Waals surface area contributed by atoms with Gasteiger partial charge in [-0.3, -0.25) is 0 Å². The molecule has 0 aliphatic heterocycles. The Morgan fingerprint density at radius 1 is 1.06 bits per heavy atom. The van der Waals surface area contributed by atoms with Crippen LogP contribution >= 0.6 is 0 Å². The molecule has 0 amide bonds. The largest absolute Gasteiger partial charge is 0.0982 e. The lowest BCUT2D eigenvalue weighted by Crippen LogP contribution is -1.81. The molecule has 0 bridgehead atoms. The molecule has 1 aromatic carbocycles. The smallest absolute Gasteiger partial charge is 0.0133 e. The molecule has 1 aliphatic carbocycles. The van der Waals surface area contributed by atoms with Crippen molar-refractivity contribution in [3.63, 3.8) is 0 Å². The van der Waals surface area contributed by atoms with Gasteiger partial charge in [0.1, 0.15) is 0 Å². The number of hydrogen-bond acceptors (Lipinski definition) is 0. The van der Waals surface area contributed by atoms with Crippen LogP contribution < -0.4 is 0 Å². The predicted molar refractivity (Wildman–Crippen MR) is 69.1 cm³/mol. The summed E-state index contributed by atoms with van der Waals surface area (Å²) in [7, 11) is 0. The number of rotatable bonds is 2. The summed E-state index contributed by atoms with van der Waals surface area (Å²) in [6.07, 6.45) is 9.43. The third-order valence-corrected chi connectivity index (χ3v) is 3.01. The maximum atomic E-state index is 3.23. The number of benzene rings is 1. The minimum absolute atomic E-state index is 0.966. The molecule has 1 aromatic rings. The lowest BCUT2D eigenvalue weighted by molar-refractivity contribution is 0.886. The van der Waals surface area contributed by atoms with Crippen LogP contribution in [0.5, 0.6) is 0 Å². The molecule has 0 spiro atoms. The summed E-state index contributed by atoms with van der Waals surface area (Å²) in [6.45, 7) is 0. The van der Waals surface area contributed by atoms with Crippen LogP contribution in [0.2, 0.25) is 0 Å². The van der Waals surface area contributed by atoms with Gasteiger partial charge in [0, 0.05) is 6.42 Å². The summed E-state index contributed by atoms with van der Waals surface area (Å²) < 4.78 is 0. The van der Waals surface area contributed by atoms with Crippen molar-refractivity contribution in [3.8, 4) is 11.8 Å². The Balaban J connectivity index is 1.76. The van der Waals surface area contributed by atoms with Gasteiger partial charge in [-0.15, -0.1) is 0 Å². The van der Waals surface area contributed by atoms with Gasteiger partial charge in [0.15, 0.2) is 0 Å². The predicted octanol–water partition coefficient (Wildman–Crippen LogP) is 4.12. The second-order valence-corrected chi connectivity index (χ2v) is 4.32. The average Bonchev–Trinajstić information content (AvgIpc) is 2.83. The van der Waals surface area contributed by atoms with Crippen molar-refractivity contribution >= 4 is 0 Å². The summed E-state index contributed by atoms with van der Waals surface area (Å²) in [4.78, 5) is 0. The summed E-state index contributed by atoms with van der Waals surface area (Å²) in [6, 6.07) is 10.6. The van der Waals surface area contributed by atoms with Gasteiger partial charge in [-0.05, 0) is 43.7 Å².